The molecule has 1 aliphatic rings. The number of amides is 1. The summed E-state index contributed by atoms with van der Waals surface area (Å²) in [4.78, 5) is 25.8. The largest absolute Gasteiger partial charge is 0.462 e. The highest BCUT2D eigenvalue weighted by Crippen LogP contribution is 2.33. The molecule has 0 heterocycles. The van der Waals surface area contributed by atoms with Gasteiger partial charge in [-0.1, -0.05) is 74.6 Å². The quantitative estimate of drug-likeness (QED) is 0.463. The maximum atomic E-state index is 13.3. The van der Waals surface area contributed by atoms with Crippen LogP contribution in [0.2, 0.25) is 0 Å². The Bertz CT molecular complexity index is 927. The van der Waals surface area contributed by atoms with Crippen LogP contribution in [0.4, 0.5) is 5.69 Å². The van der Waals surface area contributed by atoms with Crippen molar-refractivity contribution in [2.45, 2.75) is 77.7 Å². The van der Waals surface area contributed by atoms with Gasteiger partial charge in [-0.25, -0.2) is 4.79 Å². The van der Waals surface area contributed by atoms with Crippen LogP contribution in [0.1, 0.15) is 79.8 Å². The standard InChI is InChI=1S/C29H39NO4/c1-3-34-29(33)25-17-12-13-21(2)28(25)30-27(32)20-23(19-22-14-8-7-9-15-22)24-16-10-5-4-6-11-18-26(24)31/h7-9,12-15,17,23-24,26,31H,3-6,10-11,16,18-20H2,1-2H3,(H,30,32). The molecule has 0 aliphatic heterocycles. The van der Waals surface area contributed by atoms with Crippen LogP contribution in [-0.4, -0.2) is 29.7 Å². The zero-order valence-electron chi connectivity index (χ0n) is 20.6. The molecule has 3 atom stereocenters. The number of rotatable bonds is 8. The molecule has 0 aromatic heterocycles. The normalized spacial score (nSPS) is 19.9. The summed E-state index contributed by atoms with van der Waals surface area (Å²) in [5, 5.41) is 14.1. The summed E-state index contributed by atoms with van der Waals surface area (Å²) in [7, 11) is 0. The molecule has 1 aliphatic carbocycles. The second kappa shape index (κ2) is 13.3. The van der Waals surface area contributed by atoms with E-state index in [1.54, 1.807) is 19.1 Å². The van der Waals surface area contributed by atoms with Gasteiger partial charge in [-0.2, -0.15) is 0 Å². The average molecular weight is 466 g/mol. The SMILES string of the molecule is CCOC(=O)c1cccc(C)c1NC(=O)CC(Cc1ccccc1)C1CCCCCCCC1O. The molecule has 3 rings (SSSR count). The predicted molar refractivity (Wildman–Crippen MR) is 136 cm³/mol. The fourth-order valence-electron chi connectivity index (χ4n) is 5.15. The van der Waals surface area contributed by atoms with Gasteiger partial charge in [-0.3, -0.25) is 4.79 Å². The van der Waals surface area contributed by atoms with Crippen LogP contribution in [0, 0.1) is 18.8 Å². The summed E-state index contributed by atoms with van der Waals surface area (Å²) >= 11 is 0. The van der Waals surface area contributed by atoms with Crippen LogP contribution >= 0.6 is 0 Å². The number of carbonyl (C=O) groups excluding carboxylic acids is 2. The number of aliphatic hydroxyl groups excluding tert-OH is 1. The first-order valence-electron chi connectivity index (χ1n) is 12.8. The van der Waals surface area contributed by atoms with E-state index in [4.69, 9.17) is 4.74 Å². The molecule has 0 spiro atoms. The van der Waals surface area contributed by atoms with Gasteiger partial charge < -0.3 is 15.2 Å². The zero-order valence-corrected chi connectivity index (χ0v) is 20.6. The second-order valence-corrected chi connectivity index (χ2v) is 9.50. The highest BCUT2D eigenvalue weighted by atomic mass is 16.5. The van der Waals surface area contributed by atoms with Gasteiger partial charge in [0.2, 0.25) is 5.91 Å². The van der Waals surface area contributed by atoms with E-state index in [0.717, 1.165) is 44.1 Å². The molecule has 0 bridgehead atoms. The molecule has 2 aromatic rings. The van der Waals surface area contributed by atoms with E-state index in [0.29, 0.717) is 17.7 Å². The Kier molecular flexibility index (Phi) is 10.1. The van der Waals surface area contributed by atoms with Gasteiger partial charge in [0.1, 0.15) is 0 Å². The number of ether oxygens (including phenoxy) is 1. The predicted octanol–water partition coefficient (Wildman–Crippen LogP) is 6.08. The molecule has 1 saturated carbocycles. The summed E-state index contributed by atoms with van der Waals surface area (Å²) in [6.45, 7) is 3.92. The zero-order chi connectivity index (χ0) is 24.3. The lowest BCUT2D eigenvalue weighted by Crippen LogP contribution is -2.32. The molecule has 0 saturated heterocycles. The summed E-state index contributed by atoms with van der Waals surface area (Å²) in [6.07, 6.45) is 8.06. The van der Waals surface area contributed by atoms with Crippen molar-refractivity contribution in [1.29, 1.82) is 0 Å². The Morgan fingerprint density at radius 2 is 1.71 bits per heavy atom. The van der Waals surface area contributed by atoms with Gasteiger partial charge in [-0.05, 0) is 62.1 Å². The molecule has 34 heavy (non-hydrogen) atoms. The minimum absolute atomic E-state index is 0.0190. The van der Waals surface area contributed by atoms with Crippen molar-refractivity contribution < 1.29 is 19.4 Å². The highest BCUT2D eigenvalue weighted by molar-refractivity contribution is 6.02. The van der Waals surface area contributed by atoms with Crippen molar-refractivity contribution in [3.8, 4) is 0 Å². The molecular formula is C29H39NO4. The summed E-state index contributed by atoms with van der Waals surface area (Å²) in [6, 6.07) is 15.6. The van der Waals surface area contributed by atoms with E-state index in [-0.39, 0.29) is 24.3 Å². The van der Waals surface area contributed by atoms with Crippen LogP contribution in [0.25, 0.3) is 0 Å². The Morgan fingerprint density at radius 3 is 2.44 bits per heavy atom. The van der Waals surface area contributed by atoms with Crippen LogP contribution in [0.3, 0.4) is 0 Å². The number of benzene rings is 2. The molecule has 2 aromatic carbocycles. The first kappa shape index (κ1) is 26.0. The van der Waals surface area contributed by atoms with E-state index in [9.17, 15) is 14.7 Å². The monoisotopic (exact) mass is 465 g/mol. The Labute approximate surface area is 203 Å². The maximum absolute atomic E-state index is 13.3. The van der Waals surface area contributed by atoms with Gasteiger partial charge in [0.25, 0.3) is 0 Å². The molecule has 184 valence electrons. The molecule has 0 radical (unpaired) electrons. The Morgan fingerprint density at radius 1 is 1.00 bits per heavy atom. The van der Waals surface area contributed by atoms with Gasteiger partial charge in [-0.15, -0.1) is 0 Å². The number of aryl methyl sites for hydroxylation is 1. The second-order valence-electron chi connectivity index (χ2n) is 9.50. The molecular weight excluding hydrogens is 426 g/mol. The van der Waals surface area contributed by atoms with Crippen molar-refractivity contribution in [3.63, 3.8) is 0 Å². The number of hydrogen-bond donors (Lipinski definition) is 2. The number of hydrogen-bond acceptors (Lipinski definition) is 4. The summed E-state index contributed by atoms with van der Waals surface area (Å²) < 4.78 is 5.19. The lowest BCUT2D eigenvalue weighted by atomic mass is 9.77. The van der Waals surface area contributed by atoms with Gasteiger partial charge in [0.15, 0.2) is 0 Å². The lowest BCUT2D eigenvalue weighted by molar-refractivity contribution is -0.118. The minimum Gasteiger partial charge on any atom is -0.462 e. The van der Waals surface area contributed by atoms with Crippen molar-refractivity contribution in [3.05, 3.63) is 65.2 Å². The van der Waals surface area contributed by atoms with Gasteiger partial charge in [0, 0.05) is 6.42 Å². The third kappa shape index (κ3) is 7.42. The molecule has 5 nitrogen and oxygen atoms in total. The Hall–Kier alpha value is -2.66. The minimum atomic E-state index is -0.436. The summed E-state index contributed by atoms with van der Waals surface area (Å²) in [5.41, 5.74) is 2.88. The summed E-state index contributed by atoms with van der Waals surface area (Å²) in [5.74, 6) is -0.474. The van der Waals surface area contributed by atoms with Crippen molar-refractivity contribution in [2.75, 3.05) is 11.9 Å². The van der Waals surface area contributed by atoms with Crippen LogP contribution < -0.4 is 5.32 Å². The number of esters is 1. The fourth-order valence-corrected chi connectivity index (χ4v) is 5.15. The number of anilines is 1. The van der Waals surface area contributed by atoms with Gasteiger partial charge >= 0.3 is 5.97 Å². The number of aliphatic hydroxyl groups is 1. The number of carbonyl (C=O) groups is 2. The van der Waals surface area contributed by atoms with Gasteiger partial charge in [0.05, 0.1) is 24.0 Å². The van der Waals surface area contributed by atoms with E-state index in [1.165, 1.54) is 18.4 Å². The Balaban J connectivity index is 1.82. The third-order valence-corrected chi connectivity index (χ3v) is 6.96. The third-order valence-electron chi connectivity index (χ3n) is 6.96. The first-order chi connectivity index (χ1) is 16.5. The van der Waals surface area contributed by atoms with E-state index >= 15 is 0 Å². The average Bonchev–Trinajstić information content (AvgIpc) is 2.92. The van der Waals surface area contributed by atoms with Crippen molar-refractivity contribution >= 4 is 17.6 Å². The van der Waals surface area contributed by atoms with Crippen LogP contribution in [-0.2, 0) is 16.0 Å². The number of nitrogens with one attached hydrogen (secondary N) is 1. The van der Waals surface area contributed by atoms with Crippen LogP contribution in [0.5, 0.6) is 0 Å². The molecule has 1 fully saturated rings. The number of para-hydroxylation sites is 1. The van der Waals surface area contributed by atoms with Crippen LogP contribution in [0.15, 0.2) is 48.5 Å². The first-order valence-corrected chi connectivity index (χ1v) is 12.8. The van der Waals surface area contributed by atoms with Crippen molar-refractivity contribution in [1.82, 2.24) is 0 Å². The highest BCUT2D eigenvalue weighted by Gasteiger charge is 2.31. The van der Waals surface area contributed by atoms with E-state index < -0.39 is 12.1 Å². The fraction of sp³-hybridized carbons (Fsp3) is 0.517. The molecule has 5 heteroatoms. The smallest absolute Gasteiger partial charge is 0.340 e. The van der Waals surface area contributed by atoms with Crippen molar-refractivity contribution in [2.24, 2.45) is 11.8 Å². The van der Waals surface area contributed by atoms with E-state index in [1.807, 2.05) is 31.2 Å². The maximum Gasteiger partial charge on any atom is 0.340 e. The molecule has 3 unspecified atom stereocenters. The topological polar surface area (TPSA) is 75.6 Å². The van der Waals surface area contributed by atoms with E-state index in [2.05, 4.69) is 17.4 Å². The lowest BCUT2D eigenvalue weighted by Gasteiger charge is -2.31. The molecule has 1 amide bonds. The molecule has 2 N–H and O–H groups in total.